The second-order valence-corrected chi connectivity index (χ2v) is 7.66. The number of rotatable bonds is 6. The number of H-pyrrole nitrogens is 1. The number of ether oxygens (including phenoxy) is 1. The van der Waals surface area contributed by atoms with Gasteiger partial charge in [0, 0.05) is 60.0 Å². The van der Waals surface area contributed by atoms with Crippen molar-refractivity contribution in [3.8, 4) is 0 Å². The van der Waals surface area contributed by atoms with Crippen LogP contribution in [0.15, 0.2) is 35.1 Å². The summed E-state index contributed by atoms with van der Waals surface area (Å²) in [4.78, 5) is 30.1. The molecule has 0 radical (unpaired) electrons. The lowest BCUT2D eigenvalue weighted by atomic mass is 10.1. The second-order valence-electron chi connectivity index (χ2n) is 7.66. The van der Waals surface area contributed by atoms with Crippen molar-refractivity contribution in [1.82, 2.24) is 15.2 Å². The van der Waals surface area contributed by atoms with E-state index in [0.717, 1.165) is 78.9 Å². The average Bonchev–Trinajstić information content (AvgIpc) is 3.14. The van der Waals surface area contributed by atoms with Gasteiger partial charge < -0.3 is 20.4 Å². The molecule has 1 aromatic heterocycles. The zero-order chi connectivity index (χ0) is 19.8. The summed E-state index contributed by atoms with van der Waals surface area (Å²) in [5.74, 6) is -0.0563. The Hall–Kier alpha value is -2.74. The standard InChI is InChI=1S/C22H24N4O3/c27-19(13-23-6-7-26-8-10-29-11-9-26)24-17-4-5-18-21-16(17)12-14-2-1-3-15(20(14)21)22(28)25-18/h1-5,23H,6-13H2,(H,24,27)(H,25,28). The molecule has 2 heterocycles. The number of hydrogen-bond acceptors (Lipinski definition) is 5. The maximum Gasteiger partial charge on any atom is 0.256 e. The van der Waals surface area contributed by atoms with Crippen LogP contribution in [0.25, 0.3) is 21.7 Å². The van der Waals surface area contributed by atoms with Gasteiger partial charge >= 0.3 is 0 Å². The minimum atomic E-state index is -0.0662. The highest BCUT2D eigenvalue weighted by Crippen LogP contribution is 2.39. The zero-order valence-corrected chi connectivity index (χ0v) is 16.2. The largest absolute Gasteiger partial charge is 0.379 e. The van der Waals surface area contributed by atoms with Crippen molar-refractivity contribution >= 4 is 33.3 Å². The number of pyridine rings is 1. The lowest BCUT2D eigenvalue weighted by Crippen LogP contribution is -2.41. The first-order chi connectivity index (χ1) is 14.2. The number of aromatic amines is 1. The lowest BCUT2D eigenvalue weighted by Gasteiger charge is -2.26. The quantitative estimate of drug-likeness (QED) is 0.342. The predicted molar refractivity (Wildman–Crippen MR) is 114 cm³/mol. The summed E-state index contributed by atoms with van der Waals surface area (Å²) in [6, 6.07) is 9.59. The number of aromatic nitrogens is 1. The Morgan fingerprint density at radius 2 is 2.00 bits per heavy atom. The number of nitrogens with zero attached hydrogens (tertiary/aromatic N) is 1. The number of carbonyl (C=O) groups is 1. The topological polar surface area (TPSA) is 86.5 Å². The molecular weight excluding hydrogens is 368 g/mol. The van der Waals surface area contributed by atoms with Gasteiger partial charge in [-0.1, -0.05) is 12.1 Å². The average molecular weight is 392 g/mol. The number of nitrogens with one attached hydrogen (secondary N) is 3. The first-order valence-corrected chi connectivity index (χ1v) is 10.1. The maximum atomic E-state index is 12.5. The normalized spacial score (nSPS) is 16.1. The number of anilines is 1. The van der Waals surface area contributed by atoms with Crippen molar-refractivity contribution in [2.24, 2.45) is 0 Å². The van der Waals surface area contributed by atoms with Crippen LogP contribution >= 0.6 is 0 Å². The van der Waals surface area contributed by atoms with E-state index >= 15 is 0 Å². The summed E-state index contributed by atoms with van der Waals surface area (Å²) in [7, 11) is 0. The summed E-state index contributed by atoms with van der Waals surface area (Å²) < 4.78 is 5.35. The zero-order valence-electron chi connectivity index (χ0n) is 16.2. The van der Waals surface area contributed by atoms with Crippen LogP contribution in [0.1, 0.15) is 11.1 Å². The molecule has 2 aliphatic rings. The highest BCUT2D eigenvalue weighted by molar-refractivity contribution is 6.14. The van der Waals surface area contributed by atoms with E-state index in [1.54, 1.807) is 0 Å². The van der Waals surface area contributed by atoms with Crippen molar-refractivity contribution in [3.05, 3.63) is 51.8 Å². The van der Waals surface area contributed by atoms with E-state index in [4.69, 9.17) is 4.74 Å². The minimum Gasteiger partial charge on any atom is -0.379 e. The molecule has 0 atom stereocenters. The van der Waals surface area contributed by atoms with Gasteiger partial charge in [-0.25, -0.2) is 0 Å². The van der Waals surface area contributed by atoms with E-state index in [2.05, 4.69) is 26.6 Å². The molecule has 0 spiro atoms. The molecule has 1 aliphatic heterocycles. The molecule has 7 heteroatoms. The third-order valence-electron chi connectivity index (χ3n) is 5.84. The Labute approximate surface area is 168 Å². The first kappa shape index (κ1) is 18.3. The molecule has 1 aliphatic carbocycles. The highest BCUT2D eigenvalue weighted by Gasteiger charge is 2.22. The molecule has 3 aromatic rings. The Bertz CT molecular complexity index is 1150. The Kier molecular flexibility index (Phi) is 4.79. The van der Waals surface area contributed by atoms with Gasteiger partial charge in [-0.15, -0.1) is 0 Å². The number of morpholine rings is 1. The van der Waals surface area contributed by atoms with E-state index in [-0.39, 0.29) is 18.0 Å². The van der Waals surface area contributed by atoms with Crippen molar-refractivity contribution in [2.75, 3.05) is 51.3 Å². The smallest absolute Gasteiger partial charge is 0.256 e. The molecular formula is C22H24N4O3. The molecule has 1 fully saturated rings. The highest BCUT2D eigenvalue weighted by atomic mass is 16.5. The van der Waals surface area contributed by atoms with Gasteiger partial charge in [0.05, 0.1) is 19.8 Å². The van der Waals surface area contributed by atoms with Crippen molar-refractivity contribution in [2.45, 2.75) is 6.42 Å². The molecule has 5 rings (SSSR count). The van der Waals surface area contributed by atoms with Gasteiger partial charge in [0.25, 0.3) is 5.56 Å². The third kappa shape index (κ3) is 3.42. The van der Waals surface area contributed by atoms with Crippen LogP contribution in [0.3, 0.4) is 0 Å². The summed E-state index contributed by atoms with van der Waals surface area (Å²) in [5, 5.41) is 9.05. The third-order valence-corrected chi connectivity index (χ3v) is 5.84. The van der Waals surface area contributed by atoms with Crippen molar-refractivity contribution in [3.63, 3.8) is 0 Å². The summed E-state index contributed by atoms with van der Waals surface area (Å²) >= 11 is 0. The SMILES string of the molecule is O=C(CNCCN1CCOCC1)Nc1ccc2[nH]c(=O)c3cccc4c3c2c1C4. The Morgan fingerprint density at radius 1 is 1.14 bits per heavy atom. The van der Waals surface area contributed by atoms with E-state index in [9.17, 15) is 9.59 Å². The number of amides is 1. The number of carbonyl (C=O) groups excluding carboxylic acids is 1. The van der Waals surface area contributed by atoms with Gasteiger partial charge in [-0.3, -0.25) is 14.5 Å². The molecule has 29 heavy (non-hydrogen) atoms. The lowest BCUT2D eigenvalue weighted by molar-refractivity contribution is -0.115. The molecule has 0 bridgehead atoms. The molecule has 0 unspecified atom stereocenters. The van der Waals surface area contributed by atoms with Crippen LogP contribution < -0.4 is 16.2 Å². The first-order valence-electron chi connectivity index (χ1n) is 10.1. The molecule has 2 aromatic carbocycles. The Balaban J connectivity index is 1.28. The molecule has 7 nitrogen and oxygen atoms in total. The van der Waals surface area contributed by atoms with Crippen molar-refractivity contribution < 1.29 is 9.53 Å². The summed E-state index contributed by atoms with van der Waals surface area (Å²) in [6.07, 6.45) is 0.724. The molecule has 150 valence electrons. The fraction of sp³-hybridized carbons (Fsp3) is 0.364. The monoisotopic (exact) mass is 392 g/mol. The molecule has 3 N–H and O–H groups in total. The van der Waals surface area contributed by atoms with Gasteiger partial charge in [-0.2, -0.15) is 0 Å². The maximum absolute atomic E-state index is 12.5. The fourth-order valence-electron chi connectivity index (χ4n) is 4.41. The number of benzene rings is 2. The van der Waals surface area contributed by atoms with E-state index in [0.29, 0.717) is 5.39 Å². The van der Waals surface area contributed by atoms with Crippen molar-refractivity contribution in [1.29, 1.82) is 0 Å². The summed E-state index contributed by atoms with van der Waals surface area (Å²) in [5.41, 5.74) is 3.79. The minimum absolute atomic E-state index is 0.0563. The predicted octanol–water partition coefficient (Wildman–Crippen LogP) is 1.45. The molecule has 0 saturated carbocycles. The van der Waals surface area contributed by atoms with E-state index in [1.165, 1.54) is 0 Å². The second kappa shape index (κ2) is 7.59. The van der Waals surface area contributed by atoms with Gasteiger partial charge in [0.2, 0.25) is 5.91 Å². The molecule has 1 saturated heterocycles. The molecule has 1 amide bonds. The van der Waals surface area contributed by atoms with E-state index < -0.39 is 0 Å². The Morgan fingerprint density at radius 3 is 2.86 bits per heavy atom. The van der Waals surface area contributed by atoms with Gasteiger partial charge in [0.15, 0.2) is 0 Å². The van der Waals surface area contributed by atoms with Gasteiger partial charge in [0.1, 0.15) is 0 Å². The van der Waals surface area contributed by atoms with Crippen LogP contribution in [0, 0.1) is 0 Å². The summed E-state index contributed by atoms with van der Waals surface area (Å²) in [6.45, 7) is 5.43. The van der Waals surface area contributed by atoms with Crippen LogP contribution in [-0.4, -0.2) is 61.7 Å². The van der Waals surface area contributed by atoms with Gasteiger partial charge in [-0.05, 0) is 29.3 Å². The number of hydrogen-bond donors (Lipinski definition) is 3. The van der Waals surface area contributed by atoms with Crippen LogP contribution in [-0.2, 0) is 16.0 Å². The van der Waals surface area contributed by atoms with Crippen LogP contribution in [0.4, 0.5) is 5.69 Å². The fourth-order valence-corrected chi connectivity index (χ4v) is 4.41. The van der Waals surface area contributed by atoms with Crippen LogP contribution in [0.5, 0.6) is 0 Å². The van der Waals surface area contributed by atoms with Crippen LogP contribution in [0.2, 0.25) is 0 Å². The van der Waals surface area contributed by atoms with E-state index in [1.807, 2.05) is 24.3 Å².